The summed E-state index contributed by atoms with van der Waals surface area (Å²) in [4.78, 5) is 23.4. The van der Waals surface area contributed by atoms with Crippen molar-refractivity contribution in [3.8, 4) is 11.5 Å². The lowest BCUT2D eigenvalue weighted by molar-refractivity contribution is -0.142. The van der Waals surface area contributed by atoms with Gasteiger partial charge in [-0.25, -0.2) is 9.59 Å². The summed E-state index contributed by atoms with van der Waals surface area (Å²) in [5.74, 6) is -4.59. The van der Waals surface area contributed by atoms with Crippen molar-refractivity contribution in [2.75, 3.05) is 0 Å². The first-order valence-electron chi connectivity index (χ1n) is 7.62. The van der Waals surface area contributed by atoms with Gasteiger partial charge in [0.1, 0.15) is 11.5 Å². The second-order valence-electron chi connectivity index (χ2n) is 5.45. The normalized spacial score (nSPS) is 12.1. The summed E-state index contributed by atoms with van der Waals surface area (Å²) >= 11 is 11.0. The van der Waals surface area contributed by atoms with Gasteiger partial charge < -0.3 is 9.47 Å². The van der Waals surface area contributed by atoms with Gasteiger partial charge in [-0.15, -0.1) is 0 Å². The second-order valence-corrected chi connectivity index (χ2v) is 6.32. The molecule has 0 unspecified atom stereocenters. The third-order valence-corrected chi connectivity index (χ3v) is 3.74. The van der Waals surface area contributed by atoms with E-state index in [4.69, 9.17) is 23.2 Å². The third-order valence-electron chi connectivity index (χ3n) is 3.27. The Labute approximate surface area is 174 Å². The third kappa shape index (κ3) is 6.39. The highest BCUT2D eigenvalue weighted by Gasteiger charge is 2.36. The monoisotopic (exact) mass is 472 g/mol. The minimum absolute atomic E-state index is 0.260. The molecule has 0 saturated heterocycles. The zero-order valence-electron chi connectivity index (χ0n) is 14.3. The highest BCUT2D eigenvalue weighted by molar-refractivity contribution is 6.31. The number of halogens is 8. The molecule has 0 heterocycles. The van der Waals surface area contributed by atoms with E-state index in [9.17, 15) is 35.9 Å². The number of hydrogen-bond donors (Lipinski definition) is 0. The summed E-state index contributed by atoms with van der Waals surface area (Å²) in [5.41, 5.74) is -2.68. The van der Waals surface area contributed by atoms with Crippen LogP contribution in [0.2, 0.25) is 10.0 Å². The van der Waals surface area contributed by atoms with Crippen molar-refractivity contribution in [1.29, 1.82) is 0 Å². The van der Waals surface area contributed by atoms with Crippen molar-refractivity contribution in [1.82, 2.24) is 0 Å². The molecule has 4 nitrogen and oxygen atoms in total. The van der Waals surface area contributed by atoms with E-state index in [-0.39, 0.29) is 10.0 Å². The van der Waals surface area contributed by atoms with Crippen molar-refractivity contribution >= 4 is 35.1 Å². The number of rotatable bonds is 4. The van der Waals surface area contributed by atoms with Crippen LogP contribution in [0, 0.1) is 0 Å². The van der Waals surface area contributed by atoms with E-state index < -0.39 is 46.9 Å². The number of carbonyl (C=O) groups is 2. The largest absolute Gasteiger partial charge is 0.423 e. The quantitative estimate of drug-likeness (QED) is 0.233. The zero-order valence-corrected chi connectivity index (χ0v) is 15.8. The summed E-state index contributed by atoms with van der Waals surface area (Å²) in [6.45, 7) is 0. The molecule has 2 rings (SSSR count). The molecule has 12 heteroatoms. The average Bonchev–Trinajstić information content (AvgIpc) is 2.61. The van der Waals surface area contributed by atoms with Crippen LogP contribution in [0.4, 0.5) is 26.3 Å². The first-order chi connectivity index (χ1) is 13.8. The molecular weight excluding hydrogens is 465 g/mol. The molecule has 0 spiro atoms. The van der Waals surface area contributed by atoms with Crippen LogP contribution in [0.1, 0.15) is 11.1 Å². The van der Waals surface area contributed by atoms with Gasteiger partial charge in [-0.3, -0.25) is 0 Å². The van der Waals surface area contributed by atoms with Crippen LogP contribution in [0.5, 0.6) is 11.5 Å². The SMILES string of the molecule is O=C(C=CC(=O)Oc1ccc(Cl)cc1C(F)(F)F)Oc1ccc(Cl)cc1C(F)(F)F. The molecule has 0 atom stereocenters. The Balaban J connectivity index is 2.13. The van der Waals surface area contributed by atoms with Crippen LogP contribution in [0.25, 0.3) is 0 Å². The fraction of sp³-hybridized carbons (Fsp3) is 0.111. The van der Waals surface area contributed by atoms with E-state index in [2.05, 4.69) is 9.47 Å². The molecule has 2 aromatic rings. The Kier molecular flexibility index (Phi) is 7.04. The molecule has 0 amide bonds. The van der Waals surface area contributed by atoms with Gasteiger partial charge in [0.2, 0.25) is 0 Å². The van der Waals surface area contributed by atoms with Crippen molar-refractivity contribution in [2.45, 2.75) is 12.4 Å². The Morgan fingerprint density at radius 2 is 1.03 bits per heavy atom. The van der Waals surface area contributed by atoms with E-state index in [0.717, 1.165) is 24.3 Å². The molecule has 0 aliphatic heterocycles. The predicted octanol–water partition coefficient (Wildman–Crippen LogP) is 6.10. The van der Waals surface area contributed by atoms with Gasteiger partial charge in [0.15, 0.2) is 0 Å². The van der Waals surface area contributed by atoms with Crippen LogP contribution in [0.15, 0.2) is 48.6 Å². The molecule has 0 bridgehead atoms. The van der Waals surface area contributed by atoms with Crippen LogP contribution >= 0.6 is 23.2 Å². The number of esters is 2. The Hall–Kier alpha value is -2.72. The Morgan fingerprint density at radius 1 is 0.700 bits per heavy atom. The zero-order chi connectivity index (χ0) is 22.7. The summed E-state index contributed by atoms with van der Waals surface area (Å²) in [5, 5.41) is -0.519. The maximum absolute atomic E-state index is 13.0. The van der Waals surface area contributed by atoms with Crippen LogP contribution in [0.3, 0.4) is 0 Å². The number of benzene rings is 2. The van der Waals surface area contributed by atoms with E-state index in [0.29, 0.717) is 24.3 Å². The molecule has 0 aliphatic rings. The van der Waals surface area contributed by atoms with Gasteiger partial charge in [0.05, 0.1) is 11.1 Å². The smallest absolute Gasteiger partial charge is 0.420 e. The van der Waals surface area contributed by atoms with Crippen molar-refractivity contribution in [3.05, 3.63) is 69.7 Å². The minimum atomic E-state index is -4.88. The van der Waals surface area contributed by atoms with Crippen molar-refractivity contribution in [3.63, 3.8) is 0 Å². The van der Waals surface area contributed by atoms with Crippen molar-refractivity contribution in [2.24, 2.45) is 0 Å². The molecule has 160 valence electrons. The molecule has 0 saturated carbocycles. The van der Waals surface area contributed by atoms with E-state index >= 15 is 0 Å². The fourth-order valence-electron chi connectivity index (χ4n) is 2.05. The average molecular weight is 473 g/mol. The maximum atomic E-state index is 13.0. The summed E-state index contributed by atoms with van der Waals surface area (Å²) in [6.07, 6.45) is -8.99. The van der Waals surface area contributed by atoms with Gasteiger partial charge in [-0.05, 0) is 36.4 Å². The number of carbonyl (C=O) groups excluding carboxylic acids is 2. The maximum Gasteiger partial charge on any atom is 0.420 e. The highest BCUT2D eigenvalue weighted by atomic mass is 35.5. The lowest BCUT2D eigenvalue weighted by atomic mass is 10.2. The van der Waals surface area contributed by atoms with Crippen LogP contribution in [-0.4, -0.2) is 11.9 Å². The Morgan fingerprint density at radius 3 is 1.33 bits per heavy atom. The molecular formula is C18H8Cl2F6O4. The molecule has 0 radical (unpaired) electrons. The molecule has 0 N–H and O–H groups in total. The topological polar surface area (TPSA) is 52.6 Å². The lowest BCUT2D eigenvalue weighted by Crippen LogP contribution is -2.14. The van der Waals surface area contributed by atoms with E-state index in [1.807, 2.05) is 0 Å². The Bertz CT molecular complexity index is 920. The summed E-state index contributed by atoms with van der Waals surface area (Å²) in [6, 6.07) is 4.72. The highest BCUT2D eigenvalue weighted by Crippen LogP contribution is 2.39. The number of alkyl halides is 6. The first kappa shape index (κ1) is 23.6. The fourth-order valence-corrected chi connectivity index (χ4v) is 2.39. The predicted molar refractivity (Wildman–Crippen MR) is 93.3 cm³/mol. The van der Waals surface area contributed by atoms with E-state index in [1.165, 1.54) is 0 Å². The second kappa shape index (κ2) is 8.97. The van der Waals surface area contributed by atoms with E-state index in [1.54, 1.807) is 0 Å². The summed E-state index contributed by atoms with van der Waals surface area (Å²) < 4.78 is 86.7. The van der Waals surface area contributed by atoms with Crippen molar-refractivity contribution < 1.29 is 45.4 Å². The molecule has 2 aromatic carbocycles. The minimum Gasteiger partial charge on any atom is -0.423 e. The number of ether oxygens (including phenoxy) is 2. The van der Waals surface area contributed by atoms with Crippen LogP contribution in [-0.2, 0) is 21.9 Å². The van der Waals surface area contributed by atoms with Gasteiger partial charge in [-0.1, -0.05) is 23.2 Å². The van der Waals surface area contributed by atoms with Gasteiger partial charge in [0.25, 0.3) is 0 Å². The lowest BCUT2D eigenvalue weighted by Gasteiger charge is -2.12. The number of hydrogen-bond acceptors (Lipinski definition) is 4. The first-order valence-corrected chi connectivity index (χ1v) is 8.38. The summed E-state index contributed by atoms with van der Waals surface area (Å²) in [7, 11) is 0. The molecule has 0 aromatic heterocycles. The van der Waals surface area contributed by atoms with Gasteiger partial charge >= 0.3 is 24.3 Å². The molecule has 0 fully saturated rings. The van der Waals surface area contributed by atoms with Gasteiger partial charge in [-0.2, -0.15) is 26.3 Å². The van der Waals surface area contributed by atoms with Gasteiger partial charge in [0, 0.05) is 22.2 Å². The molecule has 0 aliphatic carbocycles. The standard InChI is InChI=1S/C18H8Cl2F6O4/c19-9-1-3-13(11(7-9)17(21,22)23)29-15(27)5-6-16(28)30-14-4-2-10(20)8-12(14)18(24,25)26/h1-8H. The van der Waals surface area contributed by atoms with Crippen LogP contribution < -0.4 is 9.47 Å². The molecule has 30 heavy (non-hydrogen) atoms.